The maximum Gasteiger partial charge on any atom is 0.341 e. The minimum Gasteiger partial charge on any atom is -0.462 e. The zero-order valence-corrected chi connectivity index (χ0v) is 16.0. The molecular formula is C22H25N3O2. The number of esters is 1. The van der Waals surface area contributed by atoms with E-state index in [0.29, 0.717) is 18.6 Å². The fourth-order valence-corrected chi connectivity index (χ4v) is 4.16. The van der Waals surface area contributed by atoms with Crippen molar-refractivity contribution >= 4 is 11.5 Å². The van der Waals surface area contributed by atoms with Crippen LogP contribution in [0.4, 0.5) is 0 Å². The number of hydrogen-bond donors (Lipinski definition) is 0. The molecule has 27 heavy (non-hydrogen) atoms. The van der Waals surface area contributed by atoms with Crippen molar-refractivity contribution < 1.29 is 9.53 Å². The molecule has 0 aromatic carbocycles. The third-order valence-corrected chi connectivity index (χ3v) is 5.37. The van der Waals surface area contributed by atoms with Crippen LogP contribution in [0.5, 0.6) is 0 Å². The molecule has 1 saturated carbocycles. The summed E-state index contributed by atoms with van der Waals surface area (Å²) < 4.78 is 6.93. The predicted octanol–water partition coefficient (Wildman–Crippen LogP) is 4.66. The second-order valence-corrected chi connectivity index (χ2v) is 6.95. The highest BCUT2D eigenvalue weighted by Gasteiger charge is 2.23. The van der Waals surface area contributed by atoms with Crippen LogP contribution in [-0.4, -0.2) is 27.3 Å². The van der Waals surface area contributed by atoms with E-state index in [-0.39, 0.29) is 5.97 Å². The molecule has 2 heterocycles. The molecule has 0 unspecified atom stereocenters. The molecule has 0 bridgehead atoms. The number of pyridine rings is 1. The van der Waals surface area contributed by atoms with Gasteiger partial charge in [0.15, 0.2) is 5.82 Å². The minimum atomic E-state index is -0.324. The van der Waals surface area contributed by atoms with E-state index in [1.807, 2.05) is 26.0 Å². The molecule has 2 aliphatic carbocycles. The Labute approximate surface area is 159 Å². The van der Waals surface area contributed by atoms with Gasteiger partial charge in [-0.1, -0.05) is 19.1 Å². The summed E-state index contributed by atoms with van der Waals surface area (Å²) in [7, 11) is 0. The van der Waals surface area contributed by atoms with E-state index < -0.39 is 0 Å². The average molecular weight is 363 g/mol. The first-order valence-electron chi connectivity index (χ1n) is 9.86. The number of hydrogen-bond acceptors (Lipinski definition) is 4. The molecule has 5 nitrogen and oxygen atoms in total. The minimum absolute atomic E-state index is 0.324. The summed E-state index contributed by atoms with van der Waals surface area (Å²) in [6, 6.07) is 6.07. The van der Waals surface area contributed by atoms with Crippen LogP contribution in [0.15, 0.2) is 41.6 Å². The second kappa shape index (κ2) is 7.51. The van der Waals surface area contributed by atoms with Crippen molar-refractivity contribution in [2.24, 2.45) is 0 Å². The summed E-state index contributed by atoms with van der Waals surface area (Å²) in [6.45, 7) is 4.18. The van der Waals surface area contributed by atoms with Crippen LogP contribution in [0.2, 0.25) is 0 Å². The molecule has 0 N–H and O–H groups in total. The lowest BCUT2D eigenvalue weighted by Crippen LogP contribution is -2.10. The lowest BCUT2D eigenvalue weighted by molar-refractivity contribution is 0.0525. The average Bonchev–Trinajstić information content (AvgIpc) is 3.34. The molecule has 0 radical (unpaired) electrons. The molecule has 4 rings (SSSR count). The molecule has 2 aromatic heterocycles. The SMILES string of the molecule is CCOC(=O)c1cnn(-c2cccc(C3=C4CCCC4=CCC3)n2)c1CC. The van der Waals surface area contributed by atoms with E-state index in [1.54, 1.807) is 10.9 Å². The summed E-state index contributed by atoms with van der Waals surface area (Å²) in [5, 5.41) is 4.44. The van der Waals surface area contributed by atoms with Gasteiger partial charge in [-0.3, -0.25) is 0 Å². The Kier molecular flexibility index (Phi) is 4.92. The topological polar surface area (TPSA) is 57.0 Å². The van der Waals surface area contributed by atoms with Crippen molar-refractivity contribution in [3.63, 3.8) is 0 Å². The zero-order chi connectivity index (χ0) is 18.8. The first-order valence-corrected chi connectivity index (χ1v) is 9.86. The Hall–Kier alpha value is -2.69. The van der Waals surface area contributed by atoms with Crippen LogP contribution >= 0.6 is 0 Å². The summed E-state index contributed by atoms with van der Waals surface area (Å²) in [4.78, 5) is 17.1. The molecule has 2 aromatic rings. The van der Waals surface area contributed by atoms with Crippen molar-refractivity contribution in [3.05, 3.63) is 58.6 Å². The van der Waals surface area contributed by atoms with E-state index in [1.165, 1.54) is 29.6 Å². The van der Waals surface area contributed by atoms with Crippen LogP contribution < -0.4 is 0 Å². The molecule has 0 spiro atoms. The fourth-order valence-electron chi connectivity index (χ4n) is 4.16. The van der Waals surface area contributed by atoms with Gasteiger partial charge >= 0.3 is 5.97 Å². The van der Waals surface area contributed by atoms with E-state index in [9.17, 15) is 4.79 Å². The van der Waals surface area contributed by atoms with Gasteiger partial charge in [0.2, 0.25) is 0 Å². The standard InChI is InChI=1S/C22H25N3O2/c1-3-20-18(22(26)27-4-2)14-23-25(20)21-13-7-12-19(24-21)17-11-6-9-15-8-5-10-16(15)17/h7,9,12-14H,3-6,8,10-11H2,1-2H3. The van der Waals surface area contributed by atoms with Gasteiger partial charge in [0.25, 0.3) is 0 Å². The first-order chi connectivity index (χ1) is 13.2. The van der Waals surface area contributed by atoms with Crippen molar-refractivity contribution in [1.82, 2.24) is 14.8 Å². The Morgan fingerprint density at radius 1 is 1.19 bits per heavy atom. The molecule has 140 valence electrons. The van der Waals surface area contributed by atoms with Crippen LogP contribution in [0, 0.1) is 0 Å². The van der Waals surface area contributed by atoms with Gasteiger partial charge in [-0.15, -0.1) is 0 Å². The monoisotopic (exact) mass is 363 g/mol. The molecule has 5 heteroatoms. The Bertz CT molecular complexity index is 937. The van der Waals surface area contributed by atoms with Gasteiger partial charge in [-0.05, 0) is 74.3 Å². The summed E-state index contributed by atoms with van der Waals surface area (Å²) in [6.07, 6.45) is 10.4. The third kappa shape index (κ3) is 3.22. The smallest absolute Gasteiger partial charge is 0.341 e. The number of fused-ring (bicyclic) bond motifs is 1. The molecule has 0 aliphatic heterocycles. The van der Waals surface area contributed by atoms with Crippen LogP contribution in [0.1, 0.15) is 67.7 Å². The summed E-state index contributed by atoms with van der Waals surface area (Å²) >= 11 is 0. The summed E-state index contributed by atoms with van der Waals surface area (Å²) in [5.74, 6) is 0.428. The molecular weight excluding hydrogens is 338 g/mol. The van der Waals surface area contributed by atoms with Gasteiger partial charge < -0.3 is 4.74 Å². The van der Waals surface area contributed by atoms with Gasteiger partial charge in [-0.2, -0.15) is 5.10 Å². The van der Waals surface area contributed by atoms with Crippen molar-refractivity contribution in [1.29, 1.82) is 0 Å². The highest BCUT2D eigenvalue weighted by molar-refractivity contribution is 5.90. The number of ether oxygens (including phenoxy) is 1. The number of allylic oxidation sites excluding steroid dienone is 4. The lowest BCUT2D eigenvalue weighted by atomic mass is 9.90. The fraction of sp³-hybridized carbons (Fsp3) is 0.409. The number of carbonyl (C=O) groups excluding carboxylic acids is 1. The summed E-state index contributed by atoms with van der Waals surface area (Å²) in [5.41, 5.74) is 6.77. The van der Waals surface area contributed by atoms with E-state index in [2.05, 4.69) is 17.2 Å². The van der Waals surface area contributed by atoms with Gasteiger partial charge in [-0.25, -0.2) is 14.5 Å². The zero-order valence-electron chi connectivity index (χ0n) is 16.0. The van der Waals surface area contributed by atoms with Gasteiger partial charge in [0.1, 0.15) is 5.56 Å². The number of rotatable bonds is 5. The van der Waals surface area contributed by atoms with Crippen LogP contribution in [0.3, 0.4) is 0 Å². The number of aromatic nitrogens is 3. The normalized spacial score (nSPS) is 16.3. The molecule has 0 amide bonds. The van der Waals surface area contributed by atoms with E-state index in [4.69, 9.17) is 9.72 Å². The largest absolute Gasteiger partial charge is 0.462 e. The molecule has 2 aliphatic rings. The Morgan fingerprint density at radius 2 is 2.07 bits per heavy atom. The maximum absolute atomic E-state index is 12.2. The van der Waals surface area contributed by atoms with Crippen LogP contribution in [0.25, 0.3) is 11.4 Å². The molecule has 0 saturated heterocycles. The first kappa shape index (κ1) is 17.7. The van der Waals surface area contributed by atoms with Gasteiger partial charge in [0, 0.05) is 0 Å². The number of carbonyl (C=O) groups is 1. The van der Waals surface area contributed by atoms with Crippen molar-refractivity contribution in [2.75, 3.05) is 6.61 Å². The molecule has 1 fully saturated rings. The van der Waals surface area contributed by atoms with E-state index in [0.717, 1.165) is 36.5 Å². The van der Waals surface area contributed by atoms with Crippen molar-refractivity contribution in [3.8, 4) is 5.82 Å². The van der Waals surface area contributed by atoms with Gasteiger partial charge in [0.05, 0.1) is 24.2 Å². The Balaban J connectivity index is 1.74. The second-order valence-electron chi connectivity index (χ2n) is 6.95. The van der Waals surface area contributed by atoms with Crippen molar-refractivity contribution in [2.45, 2.75) is 52.4 Å². The molecule has 0 atom stereocenters. The quantitative estimate of drug-likeness (QED) is 0.725. The maximum atomic E-state index is 12.2. The predicted molar refractivity (Wildman–Crippen MR) is 105 cm³/mol. The lowest BCUT2D eigenvalue weighted by Gasteiger charge is -2.17. The highest BCUT2D eigenvalue weighted by atomic mass is 16.5. The van der Waals surface area contributed by atoms with E-state index >= 15 is 0 Å². The Morgan fingerprint density at radius 3 is 2.89 bits per heavy atom. The highest BCUT2D eigenvalue weighted by Crippen LogP contribution is 2.41. The number of nitrogens with zero attached hydrogens (tertiary/aromatic N) is 3. The third-order valence-electron chi connectivity index (χ3n) is 5.37. The van der Waals surface area contributed by atoms with Crippen LogP contribution in [-0.2, 0) is 11.2 Å².